The fraction of sp³-hybridized carbons (Fsp3) is 1.00. The minimum absolute atomic E-state index is 0.0648. The van der Waals surface area contributed by atoms with Crippen LogP contribution in [-0.2, 0) is 9.47 Å². The molecule has 5 heteroatoms. The third kappa shape index (κ3) is 76.9. The maximum Gasteiger partial charge on any atom is 0.0700 e. The Balaban J connectivity index is -0.000000114. The number of hydrogen-bond donors (Lipinski definition) is 3. The van der Waals surface area contributed by atoms with E-state index in [2.05, 4.69) is 66.0 Å². The van der Waals surface area contributed by atoms with E-state index in [1.54, 1.807) is 0 Å². The van der Waals surface area contributed by atoms with Crippen molar-refractivity contribution in [3.8, 4) is 0 Å². The first kappa shape index (κ1) is 43.8. The van der Waals surface area contributed by atoms with E-state index in [9.17, 15) is 0 Å². The molecule has 0 saturated heterocycles. The molecule has 0 unspecified atom stereocenters. The molecule has 3 N–H and O–H groups in total. The molecule has 0 aromatic heterocycles. The molecular weight excluding hydrogens is 424 g/mol. The van der Waals surface area contributed by atoms with Gasteiger partial charge in [0.15, 0.2) is 0 Å². The second kappa shape index (κ2) is 53.9. The van der Waals surface area contributed by atoms with Crippen LogP contribution in [0.15, 0.2) is 0 Å². The van der Waals surface area contributed by atoms with E-state index in [0.717, 1.165) is 65.2 Å². The van der Waals surface area contributed by atoms with Crippen LogP contribution in [0.5, 0.6) is 0 Å². The highest BCUT2D eigenvalue weighted by Gasteiger charge is 1.90. The molecule has 0 radical (unpaired) electrons. The summed E-state index contributed by atoms with van der Waals surface area (Å²) in [5.74, 6) is 0. The van der Waals surface area contributed by atoms with Crippen LogP contribution in [0, 0.1) is 0 Å². The summed E-state index contributed by atoms with van der Waals surface area (Å²) < 4.78 is 10.4. The van der Waals surface area contributed by atoms with Crippen molar-refractivity contribution in [3.63, 3.8) is 0 Å². The molecule has 0 aromatic rings. The lowest BCUT2D eigenvalue weighted by molar-refractivity contribution is 0.0483. The zero-order valence-corrected chi connectivity index (χ0v) is 25.6. The molecule has 0 aliphatic heterocycles. The van der Waals surface area contributed by atoms with Gasteiger partial charge in [-0.15, -0.1) is 0 Å². The normalized spacial score (nSPS) is 9.53. The van der Waals surface area contributed by atoms with Crippen molar-refractivity contribution >= 4 is 0 Å². The van der Waals surface area contributed by atoms with Crippen molar-refractivity contribution in [2.45, 2.75) is 140 Å². The molecule has 0 saturated carbocycles. The average Bonchev–Trinajstić information content (AvgIpc) is 2.84. The van der Waals surface area contributed by atoms with Gasteiger partial charge in [0.05, 0.1) is 19.3 Å². The van der Waals surface area contributed by atoms with Crippen molar-refractivity contribution in [3.05, 3.63) is 0 Å². The first-order chi connectivity index (χ1) is 16.5. The zero-order valence-electron chi connectivity index (χ0n) is 25.6. The molecular formula is C29H70N2O3. The Hall–Kier alpha value is -0.200. The quantitative estimate of drug-likeness (QED) is 0.171. The van der Waals surface area contributed by atoms with E-state index in [1.807, 2.05) is 13.8 Å². The van der Waals surface area contributed by atoms with E-state index >= 15 is 0 Å². The third-order valence-electron chi connectivity index (χ3n) is 3.90. The SMILES string of the molecule is CCC.CCC.CCC(O)CC.CCCCNCCNCCCC.CCCOCCOCCC. The zero-order chi connectivity index (χ0) is 27.1. The molecule has 0 amide bonds. The summed E-state index contributed by atoms with van der Waals surface area (Å²) in [5.41, 5.74) is 0. The lowest BCUT2D eigenvalue weighted by atomic mass is 10.2. The Morgan fingerprint density at radius 2 is 0.824 bits per heavy atom. The minimum Gasteiger partial charge on any atom is -0.393 e. The van der Waals surface area contributed by atoms with Crippen LogP contribution in [0.2, 0.25) is 0 Å². The van der Waals surface area contributed by atoms with Crippen molar-refractivity contribution in [1.29, 1.82) is 0 Å². The molecule has 0 fully saturated rings. The van der Waals surface area contributed by atoms with Crippen molar-refractivity contribution in [2.75, 3.05) is 52.6 Å². The summed E-state index contributed by atoms with van der Waals surface area (Å²) in [5, 5.41) is 15.5. The predicted molar refractivity (Wildman–Crippen MR) is 156 cm³/mol. The van der Waals surface area contributed by atoms with Gasteiger partial charge in [0, 0.05) is 26.3 Å². The first-order valence-corrected chi connectivity index (χ1v) is 14.7. The number of unbranched alkanes of at least 4 members (excludes halogenated alkanes) is 2. The van der Waals surface area contributed by atoms with Crippen LogP contribution in [0.25, 0.3) is 0 Å². The lowest BCUT2D eigenvalue weighted by Gasteiger charge is -2.04. The van der Waals surface area contributed by atoms with Crippen LogP contribution >= 0.6 is 0 Å². The topological polar surface area (TPSA) is 62.8 Å². The molecule has 0 rings (SSSR count). The fourth-order valence-corrected chi connectivity index (χ4v) is 1.93. The number of rotatable bonds is 18. The number of aliphatic hydroxyl groups excluding tert-OH is 1. The minimum atomic E-state index is -0.0648. The van der Waals surface area contributed by atoms with E-state index in [0.29, 0.717) is 0 Å². The molecule has 0 bridgehead atoms. The van der Waals surface area contributed by atoms with Gasteiger partial charge < -0.3 is 25.2 Å². The highest BCUT2D eigenvalue weighted by molar-refractivity contribution is 4.51. The smallest absolute Gasteiger partial charge is 0.0700 e. The average molecular weight is 495 g/mol. The summed E-state index contributed by atoms with van der Waals surface area (Å²) >= 11 is 0. The largest absolute Gasteiger partial charge is 0.393 e. The number of hydrogen-bond acceptors (Lipinski definition) is 5. The second-order valence-corrected chi connectivity index (χ2v) is 8.32. The maximum absolute atomic E-state index is 8.67. The molecule has 0 aliphatic carbocycles. The molecule has 0 spiro atoms. The summed E-state index contributed by atoms with van der Waals surface area (Å²) in [6.07, 6.45) is 11.6. The van der Waals surface area contributed by atoms with Gasteiger partial charge in [0.25, 0.3) is 0 Å². The van der Waals surface area contributed by atoms with Gasteiger partial charge >= 0.3 is 0 Å². The Morgan fingerprint density at radius 1 is 0.500 bits per heavy atom. The molecule has 214 valence electrons. The van der Waals surface area contributed by atoms with Gasteiger partial charge in [-0.3, -0.25) is 0 Å². The Morgan fingerprint density at radius 3 is 1.03 bits per heavy atom. The number of ether oxygens (including phenoxy) is 2. The molecule has 0 heterocycles. The lowest BCUT2D eigenvalue weighted by Crippen LogP contribution is -2.28. The van der Waals surface area contributed by atoms with Crippen LogP contribution < -0.4 is 10.6 Å². The summed E-state index contributed by atoms with van der Waals surface area (Å²) in [4.78, 5) is 0. The fourth-order valence-electron chi connectivity index (χ4n) is 1.93. The van der Waals surface area contributed by atoms with Gasteiger partial charge in [-0.2, -0.15) is 0 Å². The molecule has 0 atom stereocenters. The molecule has 34 heavy (non-hydrogen) atoms. The number of nitrogens with one attached hydrogen (secondary N) is 2. The van der Waals surface area contributed by atoms with Crippen molar-refractivity contribution in [2.24, 2.45) is 0 Å². The van der Waals surface area contributed by atoms with E-state index in [4.69, 9.17) is 14.6 Å². The third-order valence-corrected chi connectivity index (χ3v) is 3.90. The second-order valence-electron chi connectivity index (χ2n) is 8.32. The maximum atomic E-state index is 8.67. The monoisotopic (exact) mass is 495 g/mol. The first-order valence-electron chi connectivity index (χ1n) is 14.7. The molecule has 0 aliphatic rings. The van der Waals surface area contributed by atoms with Crippen LogP contribution in [0.4, 0.5) is 0 Å². The Kier molecular flexibility index (Phi) is 69.5. The van der Waals surface area contributed by atoms with Gasteiger partial charge in [-0.1, -0.05) is 94.9 Å². The van der Waals surface area contributed by atoms with E-state index in [1.165, 1.54) is 51.6 Å². The summed E-state index contributed by atoms with van der Waals surface area (Å²) in [7, 11) is 0. The van der Waals surface area contributed by atoms with Gasteiger partial charge in [0.1, 0.15) is 0 Å². The van der Waals surface area contributed by atoms with Gasteiger partial charge in [-0.25, -0.2) is 0 Å². The standard InChI is InChI=1S/C10H24N2.C8H18O2.C5H12O.2C3H8/c1-3-5-7-11-9-10-12-8-6-4-2;1-3-5-9-7-8-10-6-4-2;1-3-5(6)4-2;2*1-3-2/h11-12H,3-10H2,1-2H3;3-8H2,1-2H3;5-6H,3-4H2,1-2H3;2*3H2,1-2H3. The number of aliphatic hydroxyl groups is 1. The van der Waals surface area contributed by atoms with Crippen LogP contribution in [-0.4, -0.2) is 63.8 Å². The van der Waals surface area contributed by atoms with Gasteiger partial charge in [-0.05, 0) is 51.6 Å². The molecule has 0 aromatic carbocycles. The Bertz CT molecular complexity index is 234. The summed E-state index contributed by atoms with van der Waals surface area (Å²) in [6.45, 7) is 28.9. The van der Waals surface area contributed by atoms with Crippen LogP contribution in [0.1, 0.15) is 133 Å². The van der Waals surface area contributed by atoms with Crippen LogP contribution in [0.3, 0.4) is 0 Å². The summed E-state index contributed by atoms with van der Waals surface area (Å²) in [6, 6.07) is 0. The van der Waals surface area contributed by atoms with Crippen molar-refractivity contribution < 1.29 is 14.6 Å². The predicted octanol–water partition coefficient (Wildman–Crippen LogP) is 7.61. The van der Waals surface area contributed by atoms with E-state index in [-0.39, 0.29) is 6.10 Å². The Labute approximate surface area is 217 Å². The highest BCUT2D eigenvalue weighted by Crippen LogP contribution is 1.92. The van der Waals surface area contributed by atoms with Gasteiger partial charge in [0.2, 0.25) is 0 Å². The highest BCUT2D eigenvalue weighted by atomic mass is 16.5. The van der Waals surface area contributed by atoms with Crippen molar-refractivity contribution in [1.82, 2.24) is 10.6 Å². The molecule has 5 nitrogen and oxygen atoms in total. The van der Waals surface area contributed by atoms with E-state index < -0.39 is 0 Å².